The highest BCUT2D eigenvalue weighted by atomic mass is 19.4. The van der Waals surface area contributed by atoms with Crippen molar-refractivity contribution < 1.29 is 32.5 Å². The van der Waals surface area contributed by atoms with Gasteiger partial charge in [0.05, 0.1) is 13.0 Å². The summed E-state index contributed by atoms with van der Waals surface area (Å²) >= 11 is 0. The standard InChI is InChI=1S/C14H16F3NO4/c1-13(20,14(15,16)17)6-12(19)18-7-9-8-21-10-4-2-3-5-11(10)22-9/h2-5,9,20H,6-8H2,1H3,(H,18,19)/t9-,13-/m1/s1. The third kappa shape index (κ3) is 3.82. The summed E-state index contributed by atoms with van der Waals surface area (Å²) in [4.78, 5) is 11.5. The molecular formula is C14H16F3NO4. The molecule has 2 atom stereocenters. The lowest BCUT2D eigenvalue weighted by molar-refractivity contribution is -0.253. The van der Waals surface area contributed by atoms with Gasteiger partial charge in [0.25, 0.3) is 0 Å². The topological polar surface area (TPSA) is 67.8 Å². The lowest BCUT2D eigenvalue weighted by Crippen LogP contribution is -2.48. The first-order valence-electron chi connectivity index (χ1n) is 6.63. The van der Waals surface area contributed by atoms with E-state index >= 15 is 0 Å². The van der Waals surface area contributed by atoms with E-state index in [1.807, 2.05) is 0 Å². The first kappa shape index (κ1) is 16.4. The van der Waals surface area contributed by atoms with Crippen molar-refractivity contribution in [3.63, 3.8) is 0 Å². The molecule has 0 saturated heterocycles. The molecule has 22 heavy (non-hydrogen) atoms. The van der Waals surface area contributed by atoms with Crippen LogP contribution in [-0.2, 0) is 4.79 Å². The van der Waals surface area contributed by atoms with Crippen LogP contribution in [0.4, 0.5) is 13.2 Å². The van der Waals surface area contributed by atoms with Gasteiger partial charge < -0.3 is 19.9 Å². The fourth-order valence-corrected chi connectivity index (χ4v) is 1.87. The highest BCUT2D eigenvalue weighted by Gasteiger charge is 2.50. The van der Waals surface area contributed by atoms with E-state index in [1.54, 1.807) is 24.3 Å². The molecule has 0 aliphatic carbocycles. The Labute approximate surface area is 125 Å². The van der Waals surface area contributed by atoms with E-state index in [-0.39, 0.29) is 13.2 Å². The van der Waals surface area contributed by atoms with Crippen molar-refractivity contribution in [1.82, 2.24) is 5.32 Å². The molecule has 1 aliphatic rings. The molecule has 0 fully saturated rings. The summed E-state index contributed by atoms with van der Waals surface area (Å²) in [5, 5.41) is 11.6. The Bertz CT molecular complexity index is 545. The molecule has 1 aromatic carbocycles. The van der Waals surface area contributed by atoms with Crippen molar-refractivity contribution in [2.45, 2.75) is 31.2 Å². The van der Waals surface area contributed by atoms with E-state index in [0.29, 0.717) is 18.4 Å². The zero-order valence-corrected chi connectivity index (χ0v) is 11.8. The first-order chi connectivity index (χ1) is 10.2. The zero-order valence-electron chi connectivity index (χ0n) is 11.8. The Balaban J connectivity index is 1.83. The van der Waals surface area contributed by atoms with Crippen molar-refractivity contribution in [2.24, 2.45) is 0 Å². The number of benzene rings is 1. The van der Waals surface area contributed by atoms with E-state index in [1.165, 1.54) is 0 Å². The molecule has 8 heteroatoms. The Morgan fingerprint density at radius 2 is 2.00 bits per heavy atom. The minimum absolute atomic E-state index is 0.0128. The SMILES string of the molecule is C[C@@](O)(CC(=O)NC[C@@H]1COc2ccccc2O1)C(F)(F)F. The van der Waals surface area contributed by atoms with Gasteiger partial charge in [-0.05, 0) is 19.1 Å². The predicted molar refractivity (Wildman–Crippen MR) is 70.7 cm³/mol. The fourth-order valence-electron chi connectivity index (χ4n) is 1.87. The molecule has 1 amide bonds. The van der Waals surface area contributed by atoms with Gasteiger partial charge in [0, 0.05) is 0 Å². The molecule has 1 aromatic rings. The van der Waals surface area contributed by atoms with Crippen LogP contribution in [0, 0.1) is 0 Å². The Kier molecular flexibility index (Phi) is 4.50. The molecule has 1 heterocycles. The summed E-state index contributed by atoms with van der Waals surface area (Å²) in [5.74, 6) is 0.171. The Hall–Kier alpha value is -1.96. The maximum atomic E-state index is 12.5. The molecule has 2 N–H and O–H groups in total. The summed E-state index contributed by atoms with van der Waals surface area (Å²) in [7, 11) is 0. The molecule has 0 aromatic heterocycles. The van der Waals surface area contributed by atoms with Gasteiger partial charge in [-0.1, -0.05) is 12.1 Å². The first-order valence-corrected chi connectivity index (χ1v) is 6.63. The zero-order chi connectivity index (χ0) is 16.4. The van der Waals surface area contributed by atoms with Crippen molar-refractivity contribution >= 4 is 5.91 Å². The van der Waals surface area contributed by atoms with Gasteiger partial charge >= 0.3 is 6.18 Å². The van der Waals surface area contributed by atoms with Crippen molar-refractivity contribution in [3.05, 3.63) is 24.3 Å². The second-order valence-electron chi connectivity index (χ2n) is 5.25. The number of halogens is 3. The molecular weight excluding hydrogens is 303 g/mol. The minimum atomic E-state index is -4.87. The van der Waals surface area contributed by atoms with Gasteiger partial charge in [-0.2, -0.15) is 13.2 Å². The number of fused-ring (bicyclic) bond motifs is 1. The number of ether oxygens (including phenoxy) is 2. The predicted octanol–water partition coefficient (Wildman–Crippen LogP) is 1.65. The molecule has 0 bridgehead atoms. The van der Waals surface area contributed by atoms with Crippen LogP contribution in [-0.4, -0.2) is 42.0 Å². The smallest absolute Gasteiger partial charge is 0.417 e. The summed E-state index contributed by atoms with van der Waals surface area (Å²) in [6.07, 6.45) is -6.44. The van der Waals surface area contributed by atoms with Crippen molar-refractivity contribution in [2.75, 3.05) is 13.2 Å². The fraction of sp³-hybridized carbons (Fsp3) is 0.500. The maximum absolute atomic E-state index is 12.5. The van der Waals surface area contributed by atoms with Crippen LogP contribution in [0.3, 0.4) is 0 Å². The van der Waals surface area contributed by atoms with Gasteiger partial charge in [-0.25, -0.2) is 0 Å². The van der Waals surface area contributed by atoms with E-state index in [4.69, 9.17) is 9.47 Å². The number of carbonyl (C=O) groups excluding carboxylic acids is 1. The molecule has 2 rings (SSSR count). The van der Waals surface area contributed by atoms with Crippen LogP contribution in [0.15, 0.2) is 24.3 Å². The molecule has 1 aliphatic heterocycles. The largest absolute Gasteiger partial charge is 0.486 e. The monoisotopic (exact) mass is 319 g/mol. The number of rotatable bonds is 4. The lowest BCUT2D eigenvalue weighted by atomic mass is 10.0. The number of nitrogens with one attached hydrogen (secondary N) is 1. The normalized spacial score (nSPS) is 20.1. The summed E-state index contributed by atoms with van der Waals surface area (Å²) in [5.41, 5.74) is -3.06. The number of para-hydroxylation sites is 2. The van der Waals surface area contributed by atoms with Gasteiger partial charge in [0.2, 0.25) is 5.91 Å². The van der Waals surface area contributed by atoms with Gasteiger partial charge in [-0.15, -0.1) is 0 Å². The molecule has 122 valence electrons. The minimum Gasteiger partial charge on any atom is -0.486 e. The number of alkyl halides is 3. The second kappa shape index (κ2) is 6.04. The summed E-state index contributed by atoms with van der Waals surface area (Å²) in [6.45, 7) is 0.719. The van der Waals surface area contributed by atoms with Gasteiger partial charge in [0.15, 0.2) is 17.1 Å². The van der Waals surface area contributed by atoms with E-state index < -0.39 is 30.2 Å². The molecule has 0 saturated carbocycles. The van der Waals surface area contributed by atoms with Crippen molar-refractivity contribution in [1.29, 1.82) is 0 Å². The van der Waals surface area contributed by atoms with Crippen LogP contribution < -0.4 is 14.8 Å². The van der Waals surface area contributed by atoms with Gasteiger partial charge in [0.1, 0.15) is 12.7 Å². The molecule has 5 nitrogen and oxygen atoms in total. The maximum Gasteiger partial charge on any atom is 0.417 e. The third-order valence-electron chi connectivity index (χ3n) is 3.21. The molecule has 0 unspecified atom stereocenters. The number of hydrogen-bond donors (Lipinski definition) is 2. The van der Waals surface area contributed by atoms with Crippen LogP contribution in [0.25, 0.3) is 0 Å². The van der Waals surface area contributed by atoms with Crippen LogP contribution in [0.5, 0.6) is 11.5 Å². The number of carbonyl (C=O) groups is 1. The van der Waals surface area contributed by atoms with Crippen LogP contribution in [0.2, 0.25) is 0 Å². The highest BCUT2D eigenvalue weighted by molar-refractivity contribution is 5.77. The Morgan fingerprint density at radius 1 is 1.36 bits per heavy atom. The number of aliphatic hydroxyl groups is 1. The van der Waals surface area contributed by atoms with E-state index in [0.717, 1.165) is 0 Å². The Morgan fingerprint density at radius 3 is 2.64 bits per heavy atom. The van der Waals surface area contributed by atoms with Crippen LogP contribution >= 0.6 is 0 Å². The highest BCUT2D eigenvalue weighted by Crippen LogP contribution is 2.33. The summed E-state index contributed by atoms with van der Waals surface area (Å²) < 4.78 is 48.4. The molecule has 0 radical (unpaired) electrons. The van der Waals surface area contributed by atoms with E-state index in [9.17, 15) is 23.1 Å². The van der Waals surface area contributed by atoms with E-state index in [2.05, 4.69) is 5.32 Å². The van der Waals surface area contributed by atoms with Crippen LogP contribution in [0.1, 0.15) is 13.3 Å². The number of hydrogen-bond acceptors (Lipinski definition) is 4. The second-order valence-corrected chi connectivity index (χ2v) is 5.25. The van der Waals surface area contributed by atoms with Gasteiger partial charge in [-0.3, -0.25) is 4.79 Å². The molecule has 0 spiro atoms. The average Bonchev–Trinajstić information content (AvgIpc) is 2.43. The number of amides is 1. The third-order valence-corrected chi connectivity index (χ3v) is 3.21. The average molecular weight is 319 g/mol. The van der Waals surface area contributed by atoms with Crippen molar-refractivity contribution in [3.8, 4) is 11.5 Å². The lowest BCUT2D eigenvalue weighted by Gasteiger charge is -2.28. The summed E-state index contributed by atoms with van der Waals surface area (Å²) in [6, 6.07) is 6.95. The quantitative estimate of drug-likeness (QED) is 0.885.